The number of nitrogens with zero attached hydrogens (tertiary/aromatic N) is 5. The molecule has 1 N–H and O–H groups in total. The van der Waals surface area contributed by atoms with Gasteiger partial charge < -0.3 is 14.4 Å². The molecule has 5 rings (SSSR count). The third-order valence-electron chi connectivity index (χ3n) is 6.73. The second-order valence-corrected chi connectivity index (χ2v) is 8.65. The van der Waals surface area contributed by atoms with Crippen molar-refractivity contribution >= 4 is 17.1 Å². The molecule has 1 aromatic carbocycles. The van der Waals surface area contributed by atoms with Crippen molar-refractivity contribution in [3.8, 4) is 28.3 Å². The molecule has 9 nitrogen and oxygen atoms in total. The molecule has 1 fully saturated rings. The molecule has 1 aliphatic heterocycles. The zero-order valence-electron chi connectivity index (χ0n) is 19.8. The molecule has 4 heterocycles. The molecule has 0 unspecified atom stereocenters. The van der Waals surface area contributed by atoms with Crippen molar-refractivity contribution < 1.29 is 14.3 Å². The summed E-state index contributed by atoms with van der Waals surface area (Å²) in [5.74, 6) is 0.699. The number of likely N-dealkylation sites (tertiary alicyclic amines) is 1. The van der Waals surface area contributed by atoms with Crippen LogP contribution in [0.15, 0.2) is 36.7 Å². The topological polar surface area (TPSA) is 98.2 Å². The summed E-state index contributed by atoms with van der Waals surface area (Å²) in [4.78, 5) is 18.5. The molecule has 4 aromatic rings. The highest BCUT2D eigenvalue weighted by atomic mass is 16.5. The summed E-state index contributed by atoms with van der Waals surface area (Å²) < 4.78 is 12.5. The fourth-order valence-corrected chi connectivity index (χ4v) is 4.59. The van der Waals surface area contributed by atoms with Crippen LogP contribution in [-0.4, -0.2) is 63.3 Å². The number of aryl methyl sites for hydroxylation is 1. The van der Waals surface area contributed by atoms with Gasteiger partial charge in [0.25, 0.3) is 0 Å². The summed E-state index contributed by atoms with van der Waals surface area (Å²) in [6, 6.07) is 8.37. The Morgan fingerprint density at radius 1 is 1.15 bits per heavy atom. The highest BCUT2D eigenvalue weighted by Crippen LogP contribution is 2.36. The van der Waals surface area contributed by atoms with E-state index in [1.165, 1.54) is 18.2 Å². The Morgan fingerprint density at radius 2 is 1.94 bits per heavy atom. The number of methoxy groups -OCH3 is 2. The van der Waals surface area contributed by atoms with E-state index < -0.39 is 0 Å². The minimum absolute atomic E-state index is 0.221. The van der Waals surface area contributed by atoms with Gasteiger partial charge in [0.1, 0.15) is 22.7 Å². The lowest BCUT2D eigenvalue weighted by molar-refractivity contribution is 0.105. The second kappa shape index (κ2) is 8.81. The highest BCUT2D eigenvalue weighted by Gasteiger charge is 2.25. The number of aromatic amines is 1. The summed E-state index contributed by atoms with van der Waals surface area (Å²) in [6.07, 6.45) is 5.21. The number of H-pyrrole nitrogens is 1. The van der Waals surface area contributed by atoms with E-state index >= 15 is 0 Å². The number of hydrogen-bond donors (Lipinski definition) is 1. The maximum Gasteiger partial charge on any atom is 0.409 e. The van der Waals surface area contributed by atoms with Crippen molar-refractivity contribution in [1.29, 1.82) is 0 Å². The largest absolute Gasteiger partial charge is 0.494 e. The van der Waals surface area contributed by atoms with Crippen LogP contribution in [0.4, 0.5) is 4.79 Å². The molecular weight excluding hydrogens is 432 g/mol. The lowest BCUT2D eigenvalue weighted by Crippen LogP contribution is -2.39. The van der Waals surface area contributed by atoms with Crippen molar-refractivity contribution in [3.63, 3.8) is 0 Å². The fraction of sp³-hybridized carbons (Fsp3) is 0.360. The van der Waals surface area contributed by atoms with Crippen molar-refractivity contribution in [3.05, 3.63) is 47.8 Å². The molecule has 176 valence electrons. The Hall–Kier alpha value is -3.88. The van der Waals surface area contributed by atoms with E-state index in [0.29, 0.717) is 18.8 Å². The van der Waals surface area contributed by atoms with Crippen LogP contribution in [0, 0.1) is 13.8 Å². The zero-order chi connectivity index (χ0) is 23.8. The van der Waals surface area contributed by atoms with Gasteiger partial charge in [-0.1, -0.05) is 18.2 Å². The molecule has 1 saturated heterocycles. The van der Waals surface area contributed by atoms with Crippen LogP contribution in [0.5, 0.6) is 5.75 Å². The number of aromatic nitrogens is 5. The standard InChI is InChI=1S/C25H28N6O3/c1-15-6-5-7-19(16(15)2)23-21(33-3)12-20-24(27-23)22(29-28-20)17-13-26-31(14-17)18-8-10-30(11-9-18)25(32)34-4/h5-7,12-14,18H,8-11H2,1-4H3,(H,28,29). The number of rotatable bonds is 4. The SMILES string of the molecule is COC(=O)N1CCC(n2cc(-c3n[nH]c4cc(OC)c(-c5cccc(C)c5C)nc34)cn2)CC1. The summed E-state index contributed by atoms with van der Waals surface area (Å²) in [6.45, 7) is 5.50. The first kappa shape index (κ1) is 21.9. The average Bonchev–Trinajstić information content (AvgIpc) is 3.51. The van der Waals surface area contributed by atoms with Crippen LogP contribution in [-0.2, 0) is 4.74 Å². The van der Waals surface area contributed by atoms with E-state index in [9.17, 15) is 4.79 Å². The maximum atomic E-state index is 11.8. The number of piperidine rings is 1. The first-order valence-electron chi connectivity index (χ1n) is 11.4. The summed E-state index contributed by atoms with van der Waals surface area (Å²) >= 11 is 0. The van der Waals surface area contributed by atoms with Crippen LogP contribution in [0.1, 0.15) is 30.0 Å². The molecule has 0 spiro atoms. The normalized spacial score (nSPS) is 14.5. The van der Waals surface area contributed by atoms with Crippen molar-refractivity contribution in [2.24, 2.45) is 0 Å². The Bertz CT molecular complexity index is 1350. The van der Waals surface area contributed by atoms with Crippen molar-refractivity contribution in [2.75, 3.05) is 27.3 Å². The Labute approximate surface area is 197 Å². The smallest absolute Gasteiger partial charge is 0.409 e. The lowest BCUT2D eigenvalue weighted by atomic mass is 9.99. The van der Waals surface area contributed by atoms with Gasteiger partial charge in [0.15, 0.2) is 0 Å². The van der Waals surface area contributed by atoms with Gasteiger partial charge in [-0.15, -0.1) is 0 Å². The van der Waals surface area contributed by atoms with E-state index in [-0.39, 0.29) is 12.1 Å². The molecule has 3 aromatic heterocycles. The van der Waals surface area contributed by atoms with Crippen LogP contribution in [0.2, 0.25) is 0 Å². The number of carbonyl (C=O) groups excluding carboxylic acids is 1. The number of nitrogens with one attached hydrogen (secondary N) is 1. The van der Waals surface area contributed by atoms with E-state index in [4.69, 9.17) is 14.5 Å². The van der Waals surface area contributed by atoms with E-state index in [1.807, 2.05) is 29.2 Å². The third-order valence-corrected chi connectivity index (χ3v) is 6.73. The van der Waals surface area contributed by atoms with Crippen molar-refractivity contribution in [1.82, 2.24) is 29.9 Å². The number of pyridine rings is 1. The van der Waals surface area contributed by atoms with Crippen LogP contribution >= 0.6 is 0 Å². The number of fused-ring (bicyclic) bond motifs is 1. The van der Waals surface area contributed by atoms with Gasteiger partial charge >= 0.3 is 6.09 Å². The minimum Gasteiger partial charge on any atom is -0.494 e. The Morgan fingerprint density at radius 3 is 2.68 bits per heavy atom. The lowest BCUT2D eigenvalue weighted by Gasteiger charge is -2.30. The van der Waals surface area contributed by atoms with Gasteiger partial charge in [-0.25, -0.2) is 9.78 Å². The molecule has 9 heteroatoms. The molecule has 0 radical (unpaired) electrons. The molecule has 0 saturated carbocycles. The van der Waals surface area contributed by atoms with Crippen LogP contribution in [0.25, 0.3) is 33.5 Å². The van der Waals surface area contributed by atoms with E-state index in [0.717, 1.165) is 46.4 Å². The van der Waals surface area contributed by atoms with Gasteiger partial charge in [-0.05, 0) is 37.8 Å². The predicted octanol–water partition coefficient (Wildman–Crippen LogP) is 4.52. The molecule has 1 aliphatic rings. The molecule has 0 bridgehead atoms. The van der Waals surface area contributed by atoms with Gasteiger partial charge in [0.2, 0.25) is 0 Å². The summed E-state index contributed by atoms with van der Waals surface area (Å²) in [5.41, 5.74) is 7.43. The van der Waals surface area contributed by atoms with Crippen molar-refractivity contribution in [2.45, 2.75) is 32.7 Å². The Balaban J connectivity index is 1.48. The van der Waals surface area contributed by atoms with Gasteiger partial charge in [0.05, 0.1) is 32.0 Å². The number of benzene rings is 1. The zero-order valence-corrected chi connectivity index (χ0v) is 19.8. The van der Waals surface area contributed by atoms with Gasteiger partial charge in [0, 0.05) is 36.5 Å². The molecule has 34 heavy (non-hydrogen) atoms. The maximum absolute atomic E-state index is 11.8. The number of carbonyl (C=O) groups is 1. The number of hydrogen-bond acceptors (Lipinski definition) is 6. The predicted molar refractivity (Wildman–Crippen MR) is 129 cm³/mol. The second-order valence-electron chi connectivity index (χ2n) is 8.65. The monoisotopic (exact) mass is 460 g/mol. The first-order valence-corrected chi connectivity index (χ1v) is 11.4. The number of amides is 1. The number of ether oxygens (including phenoxy) is 2. The first-order chi connectivity index (χ1) is 16.5. The summed E-state index contributed by atoms with van der Waals surface area (Å²) in [5, 5.41) is 12.3. The summed E-state index contributed by atoms with van der Waals surface area (Å²) in [7, 11) is 3.07. The van der Waals surface area contributed by atoms with Crippen LogP contribution < -0.4 is 4.74 Å². The molecule has 0 aliphatic carbocycles. The van der Waals surface area contributed by atoms with Gasteiger partial charge in [-0.3, -0.25) is 9.78 Å². The highest BCUT2D eigenvalue weighted by molar-refractivity contribution is 5.92. The molecule has 1 amide bonds. The van der Waals surface area contributed by atoms with E-state index in [2.05, 4.69) is 41.3 Å². The van der Waals surface area contributed by atoms with Gasteiger partial charge in [-0.2, -0.15) is 10.2 Å². The third kappa shape index (κ3) is 3.76. The fourth-order valence-electron chi connectivity index (χ4n) is 4.59. The quantitative estimate of drug-likeness (QED) is 0.481. The average molecular weight is 461 g/mol. The van der Waals surface area contributed by atoms with E-state index in [1.54, 1.807) is 12.0 Å². The molecule has 0 atom stereocenters. The Kier molecular flexibility index (Phi) is 5.69. The minimum atomic E-state index is -0.274. The van der Waals surface area contributed by atoms with Crippen LogP contribution in [0.3, 0.4) is 0 Å². The molecular formula is C25H28N6O3.